The fraction of sp³-hybridized carbons (Fsp3) is 0.286. The number of allylic oxidation sites excluding steroid dienone is 2. The standard InChI is InChI=1S/C21H20N2O3/c1-5-18(24)25-17-12-9-13-21(26-19(2,3)4,20(17,14-22)15-23)16-10-7-6-8-11-16/h5-13H,1H2,2-4H3. The molecule has 26 heavy (non-hydrogen) atoms. The SMILES string of the molecule is C=CC(=O)OC1=CC=CC(OC(C)(C)C)(c2ccccc2)C1(C#N)C#N. The van der Waals surface area contributed by atoms with E-state index in [-0.39, 0.29) is 5.76 Å². The quantitative estimate of drug-likeness (QED) is 0.608. The Morgan fingerprint density at radius 1 is 1.19 bits per heavy atom. The molecule has 1 aromatic carbocycles. The van der Waals surface area contributed by atoms with Gasteiger partial charge in [0, 0.05) is 6.08 Å². The Balaban J connectivity index is 2.78. The molecule has 0 amide bonds. The number of esters is 1. The molecule has 0 fully saturated rings. The Morgan fingerprint density at radius 3 is 2.31 bits per heavy atom. The summed E-state index contributed by atoms with van der Waals surface area (Å²) in [5.41, 5.74) is -3.44. The number of nitrogens with zero attached hydrogens (tertiary/aromatic N) is 2. The number of hydrogen-bond acceptors (Lipinski definition) is 5. The van der Waals surface area contributed by atoms with Gasteiger partial charge in [-0.2, -0.15) is 10.5 Å². The molecule has 0 heterocycles. The van der Waals surface area contributed by atoms with Crippen LogP contribution in [0.5, 0.6) is 0 Å². The van der Waals surface area contributed by atoms with Crippen LogP contribution in [0.1, 0.15) is 26.3 Å². The van der Waals surface area contributed by atoms with E-state index in [0.717, 1.165) is 6.08 Å². The fourth-order valence-electron chi connectivity index (χ4n) is 2.92. The Kier molecular flexibility index (Phi) is 5.16. The van der Waals surface area contributed by atoms with E-state index >= 15 is 0 Å². The molecule has 2 rings (SSSR count). The van der Waals surface area contributed by atoms with E-state index in [2.05, 4.69) is 6.58 Å². The van der Waals surface area contributed by atoms with Gasteiger partial charge in [-0.25, -0.2) is 4.79 Å². The third-order valence-corrected chi connectivity index (χ3v) is 3.89. The second-order valence-electron chi connectivity index (χ2n) is 6.80. The predicted molar refractivity (Wildman–Crippen MR) is 96.1 cm³/mol. The number of benzene rings is 1. The zero-order valence-corrected chi connectivity index (χ0v) is 15.0. The van der Waals surface area contributed by atoms with Crippen LogP contribution in [0.4, 0.5) is 0 Å². The van der Waals surface area contributed by atoms with E-state index in [9.17, 15) is 15.3 Å². The largest absolute Gasteiger partial charge is 0.425 e. The van der Waals surface area contributed by atoms with Crippen molar-refractivity contribution in [3.8, 4) is 12.1 Å². The second-order valence-corrected chi connectivity index (χ2v) is 6.80. The van der Waals surface area contributed by atoms with Crippen molar-refractivity contribution < 1.29 is 14.3 Å². The average molecular weight is 348 g/mol. The van der Waals surface area contributed by atoms with Crippen LogP contribution in [0.3, 0.4) is 0 Å². The molecule has 0 saturated carbocycles. The summed E-state index contributed by atoms with van der Waals surface area (Å²) in [4.78, 5) is 11.8. The molecule has 1 aromatic rings. The van der Waals surface area contributed by atoms with Crippen molar-refractivity contribution in [1.82, 2.24) is 0 Å². The number of ether oxygens (including phenoxy) is 2. The first-order valence-corrected chi connectivity index (χ1v) is 8.07. The molecule has 0 N–H and O–H groups in total. The topological polar surface area (TPSA) is 83.1 Å². The van der Waals surface area contributed by atoms with Crippen LogP contribution in [0.15, 0.2) is 67.0 Å². The molecule has 1 unspecified atom stereocenters. The molecule has 5 nitrogen and oxygen atoms in total. The van der Waals surface area contributed by atoms with Gasteiger partial charge in [0.15, 0.2) is 5.60 Å². The Morgan fingerprint density at radius 2 is 1.81 bits per heavy atom. The van der Waals surface area contributed by atoms with Crippen LogP contribution in [0.25, 0.3) is 0 Å². The lowest BCUT2D eigenvalue weighted by Gasteiger charge is -2.46. The second kappa shape index (κ2) is 7.00. The lowest BCUT2D eigenvalue weighted by Crippen LogP contribution is -2.51. The van der Waals surface area contributed by atoms with Crippen LogP contribution in [-0.2, 0) is 19.9 Å². The lowest BCUT2D eigenvalue weighted by atomic mass is 9.66. The zero-order valence-electron chi connectivity index (χ0n) is 15.0. The van der Waals surface area contributed by atoms with Crippen LogP contribution >= 0.6 is 0 Å². The van der Waals surface area contributed by atoms with Crippen LogP contribution in [-0.4, -0.2) is 11.6 Å². The van der Waals surface area contributed by atoms with Gasteiger partial charge in [0.2, 0.25) is 5.41 Å². The maximum absolute atomic E-state index is 11.8. The van der Waals surface area contributed by atoms with Crippen LogP contribution in [0.2, 0.25) is 0 Å². The first-order chi connectivity index (χ1) is 12.2. The molecule has 1 atom stereocenters. The maximum Gasteiger partial charge on any atom is 0.335 e. The Labute approximate surface area is 153 Å². The highest BCUT2D eigenvalue weighted by molar-refractivity contribution is 5.82. The highest BCUT2D eigenvalue weighted by Crippen LogP contribution is 2.52. The number of hydrogen-bond donors (Lipinski definition) is 0. The number of nitriles is 2. The molecule has 0 radical (unpaired) electrons. The van der Waals surface area contributed by atoms with Crippen molar-refractivity contribution in [2.75, 3.05) is 0 Å². The third-order valence-electron chi connectivity index (χ3n) is 3.89. The van der Waals surface area contributed by atoms with Crippen LogP contribution in [0, 0.1) is 28.1 Å². The predicted octanol–water partition coefficient (Wildman–Crippen LogP) is 3.91. The van der Waals surface area contributed by atoms with E-state index in [4.69, 9.17) is 9.47 Å². The van der Waals surface area contributed by atoms with Gasteiger partial charge in [-0.05, 0) is 38.5 Å². The highest BCUT2D eigenvalue weighted by atomic mass is 16.5. The maximum atomic E-state index is 11.8. The van der Waals surface area contributed by atoms with Crippen molar-refractivity contribution in [3.63, 3.8) is 0 Å². The van der Waals surface area contributed by atoms with E-state index < -0.39 is 22.6 Å². The minimum Gasteiger partial charge on any atom is -0.425 e. The minimum atomic E-state index is -1.89. The molecule has 0 aliphatic heterocycles. The number of rotatable bonds is 4. The normalized spacial score (nSPS) is 21.0. The summed E-state index contributed by atoms with van der Waals surface area (Å²) in [5, 5.41) is 20.1. The van der Waals surface area contributed by atoms with E-state index in [1.54, 1.807) is 36.4 Å². The highest BCUT2D eigenvalue weighted by Gasteiger charge is 2.60. The summed E-state index contributed by atoms with van der Waals surface area (Å²) in [5.74, 6) is -0.845. The number of carbonyl (C=O) groups excluding carboxylic acids is 1. The van der Waals surface area contributed by atoms with Gasteiger partial charge in [-0.15, -0.1) is 0 Å². The first kappa shape index (κ1) is 19.2. The molecule has 5 heteroatoms. The Hall–Kier alpha value is -3.15. The summed E-state index contributed by atoms with van der Waals surface area (Å²) in [6.45, 7) is 8.86. The van der Waals surface area contributed by atoms with Crippen molar-refractivity contribution in [3.05, 3.63) is 72.5 Å². The molecule has 0 bridgehead atoms. The van der Waals surface area contributed by atoms with Crippen molar-refractivity contribution >= 4 is 5.97 Å². The molecule has 0 spiro atoms. The number of carbonyl (C=O) groups is 1. The van der Waals surface area contributed by atoms with Gasteiger partial charge >= 0.3 is 5.97 Å². The molecule has 132 valence electrons. The summed E-state index contributed by atoms with van der Waals surface area (Å²) < 4.78 is 11.6. The van der Waals surface area contributed by atoms with Gasteiger partial charge in [0.1, 0.15) is 5.76 Å². The zero-order chi connectivity index (χ0) is 19.4. The third kappa shape index (κ3) is 3.18. The van der Waals surface area contributed by atoms with E-state index in [1.807, 2.05) is 39.0 Å². The first-order valence-electron chi connectivity index (χ1n) is 8.07. The molecule has 1 aliphatic carbocycles. The van der Waals surface area contributed by atoms with Gasteiger partial charge in [-0.3, -0.25) is 0 Å². The Bertz CT molecular complexity index is 834. The average Bonchev–Trinajstić information content (AvgIpc) is 2.61. The molecule has 0 saturated heterocycles. The molecule has 0 aromatic heterocycles. The van der Waals surface area contributed by atoms with Crippen molar-refractivity contribution in [2.45, 2.75) is 32.0 Å². The van der Waals surface area contributed by atoms with Gasteiger partial charge < -0.3 is 9.47 Å². The van der Waals surface area contributed by atoms with Crippen molar-refractivity contribution in [1.29, 1.82) is 10.5 Å². The van der Waals surface area contributed by atoms with E-state index in [0.29, 0.717) is 5.56 Å². The summed E-state index contributed by atoms with van der Waals surface area (Å²) in [7, 11) is 0. The van der Waals surface area contributed by atoms with Gasteiger partial charge in [0.05, 0.1) is 17.7 Å². The monoisotopic (exact) mass is 348 g/mol. The molecule has 1 aliphatic rings. The van der Waals surface area contributed by atoms with Gasteiger partial charge in [0.25, 0.3) is 0 Å². The minimum absolute atomic E-state index is 0.0944. The molecular formula is C21H20N2O3. The van der Waals surface area contributed by atoms with Gasteiger partial charge in [-0.1, -0.05) is 43.0 Å². The summed E-state index contributed by atoms with van der Waals surface area (Å²) in [6, 6.07) is 13.1. The summed E-state index contributed by atoms with van der Waals surface area (Å²) in [6.07, 6.45) is 5.69. The summed E-state index contributed by atoms with van der Waals surface area (Å²) >= 11 is 0. The van der Waals surface area contributed by atoms with Crippen LogP contribution < -0.4 is 0 Å². The smallest absolute Gasteiger partial charge is 0.335 e. The van der Waals surface area contributed by atoms with E-state index in [1.165, 1.54) is 6.08 Å². The molecular weight excluding hydrogens is 328 g/mol. The fourth-order valence-corrected chi connectivity index (χ4v) is 2.92. The van der Waals surface area contributed by atoms with Crippen molar-refractivity contribution in [2.24, 2.45) is 5.41 Å². The lowest BCUT2D eigenvalue weighted by molar-refractivity contribution is -0.153.